The maximum Gasteiger partial charge on any atom is 0.226 e. The van der Waals surface area contributed by atoms with Crippen molar-refractivity contribution < 1.29 is 9.18 Å². The topological polar surface area (TPSA) is 49.6 Å². The first-order valence-corrected chi connectivity index (χ1v) is 11.2. The Balaban J connectivity index is 1.46. The van der Waals surface area contributed by atoms with Crippen LogP contribution in [0.4, 0.5) is 4.39 Å². The normalized spacial score (nSPS) is 14.4. The molecular formula is C25H31FN4O. The second kappa shape index (κ2) is 9.60. The molecule has 6 heteroatoms. The Morgan fingerprint density at radius 3 is 2.71 bits per heavy atom. The second-order valence-electron chi connectivity index (χ2n) is 8.59. The van der Waals surface area contributed by atoms with E-state index < -0.39 is 0 Å². The number of hydrogen-bond acceptors (Lipinski definition) is 3. The van der Waals surface area contributed by atoms with Crippen LogP contribution in [0.3, 0.4) is 0 Å². The highest BCUT2D eigenvalue weighted by Gasteiger charge is 2.18. The zero-order valence-corrected chi connectivity index (χ0v) is 18.5. The lowest BCUT2D eigenvalue weighted by molar-refractivity contribution is -0.120. The van der Waals surface area contributed by atoms with Crippen LogP contribution in [0.1, 0.15) is 42.5 Å². The first kappa shape index (κ1) is 21.5. The molecular weight excluding hydrogens is 391 g/mol. The summed E-state index contributed by atoms with van der Waals surface area (Å²) in [5, 5.41) is 3.07. The van der Waals surface area contributed by atoms with Crippen LogP contribution in [0.2, 0.25) is 0 Å². The number of aryl methyl sites for hydroxylation is 2. The summed E-state index contributed by atoms with van der Waals surface area (Å²) in [4.78, 5) is 20.0. The average Bonchev–Trinajstić information content (AvgIpc) is 3.38. The first-order valence-electron chi connectivity index (χ1n) is 11.2. The molecule has 0 atom stereocenters. The van der Waals surface area contributed by atoms with Gasteiger partial charge in [0.2, 0.25) is 5.91 Å². The zero-order chi connectivity index (χ0) is 21.8. The number of nitrogens with zero attached hydrogens (tertiary/aromatic N) is 3. The number of amides is 1. The van der Waals surface area contributed by atoms with Crippen molar-refractivity contribution in [3.63, 3.8) is 0 Å². The lowest BCUT2D eigenvalue weighted by atomic mass is 10.1. The molecule has 1 aliphatic heterocycles. The molecule has 1 aromatic carbocycles. The standard InChI is InChI=1S/C25H31FN4O/c1-18-7-10-23-28-25(20-8-9-21(26)19(2)15-20)22(30(23)17-18)16-24(31)27-11-3-4-12-29-13-5-6-14-29/h7-10,15,17H,3-6,11-14,16H2,1-2H3,(H,27,31). The number of unbranched alkanes of at least 4 members (excludes halogenated alkanes) is 1. The van der Waals surface area contributed by atoms with Gasteiger partial charge in [-0.3, -0.25) is 4.79 Å². The van der Waals surface area contributed by atoms with E-state index in [1.807, 2.05) is 29.7 Å². The van der Waals surface area contributed by atoms with Crippen molar-refractivity contribution in [2.45, 2.75) is 46.0 Å². The van der Waals surface area contributed by atoms with Gasteiger partial charge in [-0.25, -0.2) is 9.37 Å². The number of nitrogens with one attached hydrogen (secondary N) is 1. The van der Waals surface area contributed by atoms with Crippen LogP contribution >= 0.6 is 0 Å². The van der Waals surface area contributed by atoms with Gasteiger partial charge in [0.1, 0.15) is 11.5 Å². The van der Waals surface area contributed by atoms with Gasteiger partial charge in [0.25, 0.3) is 0 Å². The minimum Gasteiger partial charge on any atom is -0.356 e. The minimum atomic E-state index is -0.239. The maximum absolute atomic E-state index is 13.8. The predicted octanol–water partition coefficient (Wildman–Crippen LogP) is 4.29. The van der Waals surface area contributed by atoms with Crippen molar-refractivity contribution in [2.24, 2.45) is 0 Å². The van der Waals surface area contributed by atoms with Gasteiger partial charge >= 0.3 is 0 Å². The van der Waals surface area contributed by atoms with Gasteiger partial charge in [0.05, 0.1) is 17.8 Å². The summed E-state index contributed by atoms with van der Waals surface area (Å²) in [5.74, 6) is -0.249. The molecule has 3 heterocycles. The Hall–Kier alpha value is -2.73. The molecule has 5 nitrogen and oxygen atoms in total. The van der Waals surface area contributed by atoms with Crippen molar-refractivity contribution >= 4 is 11.6 Å². The molecule has 0 spiro atoms. The number of benzene rings is 1. The SMILES string of the molecule is Cc1ccc2nc(-c3ccc(F)c(C)c3)c(CC(=O)NCCCCN3CCCC3)n2c1. The fourth-order valence-corrected chi connectivity index (χ4v) is 4.30. The number of imidazole rings is 1. The number of halogens is 1. The van der Waals surface area contributed by atoms with E-state index in [0.717, 1.165) is 47.5 Å². The molecule has 0 bridgehead atoms. The monoisotopic (exact) mass is 422 g/mol. The molecule has 0 radical (unpaired) electrons. The van der Waals surface area contributed by atoms with Crippen LogP contribution in [0.15, 0.2) is 36.5 Å². The van der Waals surface area contributed by atoms with Crippen LogP contribution < -0.4 is 5.32 Å². The average molecular weight is 423 g/mol. The molecule has 1 saturated heterocycles. The fourth-order valence-electron chi connectivity index (χ4n) is 4.30. The molecule has 0 unspecified atom stereocenters. The summed E-state index contributed by atoms with van der Waals surface area (Å²) in [6.07, 6.45) is 6.95. The third-order valence-electron chi connectivity index (χ3n) is 6.05. The summed E-state index contributed by atoms with van der Waals surface area (Å²) < 4.78 is 15.8. The Morgan fingerprint density at radius 2 is 1.94 bits per heavy atom. The van der Waals surface area contributed by atoms with E-state index in [4.69, 9.17) is 4.98 Å². The van der Waals surface area contributed by atoms with Crippen LogP contribution in [0.5, 0.6) is 0 Å². The number of hydrogen-bond donors (Lipinski definition) is 1. The largest absolute Gasteiger partial charge is 0.356 e. The van der Waals surface area contributed by atoms with Crippen molar-refractivity contribution in [1.29, 1.82) is 0 Å². The van der Waals surface area contributed by atoms with E-state index in [9.17, 15) is 9.18 Å². The third kappa shape index (κ3) is 5.13. The Labute approximate surface area is 183 Å². The molecule has 31 heavy (non-hydrogen) atoms. The highest BCUT2D eigenvalue weighted by Crippen LogP contribution is 2.27. The smallest absolute Gasteiger partial charge is 0.226 e. The quantitative estimate of drug-likeness (QED) is 0.551. The number of carbonyl (C=O) groups is 1. The van der Waals surface area contributed by atoms with Crippen molar-refractivity contribution in [2.75, 3.05) is 26.2 Å². The Kier molecular flexibility index (Phi) is 6.66. The van der Waals surface area contributed by atoms with Gasteiger partial charge < -0.3 is 14.6 Å². The Morgan fingerprint density at radius 1 is 1.13 bits per heavy atom. The fraction of sp³-hybridized carbons (Fsp3) is 0.440. The van der Waals surface area contributed by atoms with Gasteiger partial charge in [0.15, 0.2) is 0 Å². The van der Waals surface area contributed by atoms with Crippen molar-refractivity contribution in [3.05, 3.63) is 59.2 Å². The zero-order valence-electron chi connectivity index (χ0n) is 18.5. The molecule has 1 aliphatic rings. The van der Waals surface area contributed by atoms with Crippen LogP contribution in [-0.2, 0) is 11.2 Å². The molecule has 0 aliphatic carbocycles. The van der Waals surface area contributed by atoms with E-state index in [1.165, 1.54) is 32.0 Å². The number of fused-ring (bicyclic) bond motifs is 1. The van der Waals surface area contributed by atoms with Crippen molar-refractivity contribution in [3.8, 4) is 11.3 Å². The van der Waals surface area contributed by atoms with Crippen LogP contribution in [-0.4, -0.2) is 46.4 Å². The molecule has 1 N–H and O–H groups in total. The first-order chi connectivity index (χ1) is 15.0. The maximum atomic E-state index is 13.8. The highest BCUT2D eigenvalue weighted by molar-refractivity contribution is 5.81. The van der Waals surface area contributed by atoms with Crippen LogP contribution in [0.25, 0.3) is 16.9 Å². The van der Waals surface area contributed by atoms with E-state index in [0.29, 0.717) is 12.1 Å². The molecule has 1 amide bonds. The number of pyridine rings is 1. The summed E-state index contributed by atoms with van der Waals surface area (Å²) in [6.45, 7) is 8.00. The van der Waals surface area contributed by atoms with Gasteiger partial charge in [-0.05, 0) is 94.6 Å². The number of carbonyl (C=O) groups excluding carboxylic acids is 1. The Bertz CT molecular complexity index is 1070. The molecule has 2 aromatic heterocycles. The summed E-state index contributed by atoms with van der Waals surface area (Å²) in [6, 6.07) is 8.95. The van der Waals surface area contributed by atoms with Gasteiger partial charge in [-0.2, -0.15) is 0 Å². The van der Waals surface area contributed by atoms with E-state index >= 15 is 0 Å². The lowest BCUT2D eigenvalue weighted by Gasteiger charge is -2.14. The van der Waals surface area contributed by atoms with Crippen LogP contribution in [0, 0.1) is 19.7 Å². The second-order valence-corrected chi connectivity index (χ2v) is 8.59. The molecule has 0 saturated carbocycles. The van der Waals surface area contributed by atoms with Crippen molar-refractivity contribution in [1.82, 2.24) is 19.6 Å². The molecule has 1 fully saturated rings. The van der Waals surface area contributed by atoms with Gasteiger partial charge in [0, 0.05) is 18.3 Å². The van der Waals surface area contributed by atoms with Gasteiger partial charge in [-0.1, -0.05) is 6.07 Å². The predicted molar refractivity (Wildman–Crippen MR) is 122 cm³/mol. The number of likely N-dealkylation sites (tertiary alicyclic amines) is 1. The van der Waals surface area contributed by atoms with E-state index in [2.05, 4.69) is 10.2 Å². The molecule has 3 aromatic rings. The minimum absolute atomic E-state index is 0.00966. The molecule has 164 valence electrons. The third-order valence-corrected chi connectivity index (χ3v) is 6.05. The number of rotatable bonds is 8. The highest BCUT2D eigenvalue weighted by atomic mass is 19.1. The van der Waals surface area contributed by atoms with E-state index in [1.54, 1.807) is 19.1 Å². The van der Waals surface area contributed by atoms with Gasteiger partial charge in [-0.15, -0.1) is 0 Å². The molecule has 4 rings (SSSR count). The number of aromatic nitrogens is 2. The summed E-state index contributed by atoms with van der Waals surface area (Å²) in [7, 11) is 0. The lowest BCUT2D eigenvalue weighted by Crippen LogP contribution is -2.28. The summed E-state index contributed by atoms with van der Waals surface area (Å²) >= 11 is 0. The van der Waals surface area contributed by atoms with E-state index in [-0.39, 0.29) is 18.1 Å². The summed E-state index contributed by atoms with van der Waals surface area (Å²) in [5.41, 5.74) is 4.84.